The molecule has 2 aromatic rings. The van der Waals surface area contributed by atoms with E-state index in [0.717, 1.165) is 27.0 Å². The first kappa shape index (κ1) is 17.6. The van der Waals surface area contributed by atoms with Gasteiger partial charge in [0.05, 0.1) is 25.0 Å². The molecule has 0 heterocycles. The zero-order valence-corrected chi connectivity index (χ0v) is 15.5. The van der Waals surface area contributed by atoms with E-state index in [1.54, 1.807) is 13.2 Å². The molecule has 2 aromatic carbocycles. The first-order chi connectivity index (χ1) is 10.9. The van der Waals surface area contributed by atoms with Crippen LogP contribution in [0.2, 0.25) is 5.02 Å². The van der Waals surface area contributed by atoms with Gasteiger partial charge in [-0.2, -0.15) is 0 Å². The number of halogens is 2. The maximum Gasteiger partial charge on any atom is 0.243 e. The number of amides is 1. The Morgan fingerprint density at radius 3 is 2.61 bits per heavy atom. The molecule has 4 nitrogen and oxygen atoms in total. The molecule has 0 saturated carbocycles. The van der Waals surface area contributed by atoms with E-state index in [1.165, 1.54) is 0 Å². The van der Waals surface area contributed by atoms with Crippen molar-refractivity contribution < 1.29 is 9.53 Å². The summed E-state index contributed by atoms with van der Waals surface area (Å²) in [4.78, 5) is 12.1. The predicted octanol–water partition coefficient (Wildman–Crippen LogP) is 4.78. The number of benzene rings is 2. The molecule has 0 aliphatic carbocycles. The zero-order valence-electron chi connectivity index (χ0n) is 13.2. The third kappa shape index (κ3) is 4.62. The summed E-state index contributed by atoms with van der Waals surface area (Å²) in [6.45, 7) is 4.02. The number of anilines is 2. The van der Waals surface area contributed by atoms with E-state index in [-0.39, 0.29) is 12.5 Å². The lowest BCUT2D eigenvalue weighted by atomic mass is 10.2. The molecule has 122 valence electrons. The Kier molecular flexibility index (Phi) is 5.91. The summed E-state index contributed by atoms with van der Waals surface area (Å²) in [5.74, 6) is 0.453. The molecule has 0 atom stereocenters. The molecule has 0 saturated heterocycles. The van der Waals surface area contributed by atoms with Gasteiger partial charge in [0.2, 0.25) is 5.91 Å². The van der Waals surface area contributed by atoms with E-state index in [4.69, 9.17) is 16.3 Å². The van der Waals surface area contributed by atoms with Crippen LogP contribution in [0.4, 0.5) is 11.4 Å². The van der Waals surface area contributed by atoms with Crippen LogP contribution >= 0.6 is 27.5 Å². The van der Waals surface area contributed by atoms with Crippen LogP contribution in [0.5, 0.6) is 5.75 Å². The SMILES string of the molecule is COc1cc(Cl)c(C)cc1NCC(=O)Nc1ccc(C)cc1Br. The molecule has 0 aliphatic rings. The summed E-state index contributed by atoms with van der Waals surface area (Å²) in [7, 11) is 1.57. The van der Waals surface area contributed by atoms with Crippen LogP contribution in [-0.4, -0.2) is 19.6 Å². The first-order valence-electron chi connectivity index (χ1n) is 7.04. The van der Waals surface area contributed by atoms with E-state index in [0.29, 0.717) is 10.8 Å². The maximum absolute atomic E-state index is 12.1. The zero-order chi connectivity index (χ0) is 17.0. The Balaban J connectivity index is 2.03. The number of aryl methyl sites for hydroxylation is 2. The number of rotatable bonds is 5. The normalized spacial score (nSPS) is 10.3. The maximum atomic E-state index is 12.1. The lowest BCUT2D eigenvalue weighted by molar-refractivity contribution is -0.114. The fourth-order valence-corrected chi connectivity index (χ4v) is 2.81. The van der Waals surface area contributed by atoms with E-state index in [9.17, 15) is 4.79 Å². The number of hydrogen-bond donors (Lipinski definition) is 2. The highest BCUT2D eigenvalue weighted by Crippen LogP contribution is 2.30. The van der Waals surface area contributed by atoms with Gasteiger partial charge in [0, 0.05) is 15.6 Å². The molecule has 6 heteroatoms. The van der Waals surface area contributed by atoms with Crippen molar-refractivity contribution in [3.63, 3.8) is 0 Å². The number of carbonyl (C=O) groups is 1. The summed E-state index contributed by atoms with van der Waals surface area (Å²) in [5, 5.41) is 6.55. The molecular weight excluding hydrogens is 380 g/mol. The number of methoxy groups -OCH3 is 1. The van der Waals surface area contributed by atoms with E-state index < -0.39 is 0 Å². The van der Waals surface area contributed by atoms with Crippen LogP contribution in [-0.2, 0) is 4.79 Å². The Morgan fingerprint density at radius 2 is 1.96 bits per heavy atom. The van der Waals surface area contributed by atoms with Gasteiger partial charge in [0.15, 0.2) is 0 Å². The lowest BCUT2D eigenvalue weighted by Crippen LogP contribution is -2.22. The van der Waals surface area contributed by atoms with Crippen molar-refractivity contribution in [3.05, 3.63) is 51.0 Å². The largest absolute Gasteiger partial charge is 0.495 e. The molecule has 0 bridgehead atoms. The molecule has 1 amide bonds. The van der Waals surface area contributed by atoms with Crippen molar-refractivity contribution in [3.8, 4) is 5.75 Å². The van der Waals surface area contributed by atoms with Gasteiger partial charge in [-0.1, -0.05) is 17.7 Å². The van der Waals surface area contributed by atoms with Crippen molar-refractivity contribution in [1.29, 1.82) is 0 Å². The standard InChI is InChI=1S/C17H18BrClN2O2/c1-10-4-5-14(12(18)6-10)21-17(22)9-20-15-7-11(2)13(19)8-16(15)23-3/h4-8,20H,9H2,1-3H3,(H,21,22). The average molecular weight is 398 g/mol. The van der Waals surface area contributed by atoms with Gasteiger partial charge >= 0.3 is 0 Å². The van der Waals surface area contributed by atoms with Crippen molar-refractivity contribution in [1.82, 2.24) is 0 Å². The van der Waals surface area contributed by atoms with E-state index >= 15 is 0 Å². The molecule has 0 unspecified atom stereocenters. The van der Waals surface area contributed by atoms with Crippen molar-refractivity contribution in [2.45, 2.75) is 13.8 Å². The van der Waals surface area contributed by atoms with E-state index in [1.807, 2.05) is 38.1 Å². The minimum absolute atomic E-state index is 0.123. The highest BCUT2D eigenvalue weighted by atomic mass is 79.9. The van der Waals surface area contributed by atoms with Crippen LogP contribution in [0, 0.1) is 13.8 Å². The second-order valence-electron chi connectivity index (χ2n) is 5.19. The topological polar surface area (TPSA) is 50.4 Å². The van der Waals surface area contributed by atoms with Crippen molar-refractivity contribution in [2.75, 3.05) is 24.3 Å². The van der Waals surface area contributed by atoms with Crippen LogP contribution in [0.1, 0.15) is 11.1 Å². The third-order valence-electron chi connectivity index (χ3n) is 3.32. The smallest absolute Gasteiger partial charge is 0.243 e. The number of ether oxygens (including phenoxy) is 1. The van der Waals surface area contributed by atoms with Crippen molar-refractivity contribution >= 4 is 44.8 Å². The molecule has 0 spiro atoms. The van der Waals surface area contributed by atoms with Crippen LogP contribution in [0.3, 0.4) is 0 Å². The highest BCUT2D eigenvalue weighted by molar-refractivity contribution is 9.10. The Hall–Kier alpha value is -1.72. The molecule has 23 heavy (non-hydrogen) atoms. The fraction of sp³-hybridized carbons (Fsp3) is 0.235. The molecule has 0 aromatic heterocycles. The first-order valence-corrected chi connectivity index (χ1v) is 8.22. The number of carbonyl (C=O) groups excluding carboxylic acids is 1. The number of nitrogens with one attached hydrogen (secondary N) is 2. The molecule has 0 radical (unpaired) electrons. The average Bonchev–Trinajstić information content (AvgIpc) is 2.50. The van der Waals surface area contributed by atoms with Gasteiger partial charge in [0.25, 0.3) is 0 Å². The lowest BCUT2D eigenvalue weighted by Gasteiger charge is -2.13. The van der Waals surface area contributed by atoms with Gasteiger partial charge < -0.3 is 15.4 Å². The molecule has 0 aliphatic heterocycles. The summed E-state index contributed by atoms with van der Waals surface area (Å²) in [6.07, 6.45) is 0. The molecule has 2 N–H and O–H groups in total. The fourth-order valence-electron chi connectivity index (χ4n) is 2.06. The third-order valence-corrected chi connectivity index (χ3v) is 4.38. The van der Waals surface area contributed by atoms with Crippen LogP contribution in [0.15, 0.2) is 34.8 Å². The van der Waals surface area contributed by atoms with Crippen LogP contribution < -0.4 is 15.4 Å². The second-order valence-corrected chi connectivity index (χ2v) is 6.45. The molecular formula is C17H18BrClN2O2. The quantitative estimate of drug-likeness (QED) is 0.763. The number of hydrogen-bond acceptors (Lipinski definition) is 3. The second kappa shape index (κ2) is 7.70. The minimum atomic E-state index is -0.149. The Bertz CT molecular complexity index is 735. The minimum Gasteiger partial charge on any atom is -0.495 e. The van der Waals surface area contributed by atoms with Crippen molar-refractivity contribution in [2.24, 2.45) is 0 Å². The van der Waals surface area contributed by atoms with Crippen LogP contribution in [0.25, 0.3) is 0 Å². The van der Waals surface area contributed by atoms with Gasteiger partial charge in [-0.3, -0.25) is 4.79 Å². The summed E-state index contributed by atoms with van der Waals surface area (Å²) in [6, 6.07) is 9.35. The van der Waals surface area contributed by atoms with E-state index in [2.05, 4.69) is 26.6 Å². The molecule has 2 rings (SSSR count). The van der Waals surface area contributed by atoms with Gasteiger partial charge in [-0.15, -0.1) is 0 Å². The predicted molar refractivity (Wildman–Crippen MR) is 98.7 cm³/mol. The summed E-state index contributed by atoms with van der Waals surface area (Å²) < 4.78 is 6.13. The monoisotopic (exact) mass is 396 g/mol. The Labute approximate surface area is 149 Å². The van der Waals surface area contributed by atoms with Gasteiger partial charge in [-0.25, -0.2) is 0 Å². The Morgan fingerprint density at radius 1 is 1.22 bits per heavy atom. The summed E-state index contributed by atoms with van der Waals surface area (Å²) in [5.41, 5.74) is 3.50. The van der Waals surface area contributed by atoms with Gasteiger partial charge in [-0.05, 0) is 59.1 Å². The van der Waals surface area contributed by atoms with Gasteiger partial charge in [0.1, 0.15) is 5.75 Å². The summed E-state index contributed by atoms with van der Waals surface area (Å²) >= 11 is 9.51. The molecule has 0 fully saturated rings. The highest BCUT2D eigenvalue weighted by Gasteiger charge is 2.10.